The molecule has 0 aliphatic carbocycles. The molecule has 4 aromatic carbocycles. The standard InChI is InChI=1S/C36H39Cl2N3O4S2/c1-5-26(3)39-36(43)34(22-27-10-7-6-8-11-27)40(23-31-32(37)12-9-13-33(31)38)35(42)24-41(28-16-14-25(2)15-17-28)47(44,45)30-20-18-29(46-4)19-21-30/h6-21,26,34H,5,22-24H2,1-4H3,(H,39,43). The zero-order valence-corrected chi connectivity index (χ0v) is 30.0. The first-order valence-corrected chi connectivity index (χ1v) is 18.7. The minimum Gasteiger partial charge on any atom is -0.352 e. The Bertz CT molecular complexity index is 1750. The van der Waals surface area contributed by atoms with Crippen LogP contribution in [0.4, 0.5) is 5.69 Å². The molecule has 0 spiro atoms. The molecule has 0 aliphatic rings. The minimum atomic E-state index is -4.21. The summed E-state index contributed by atoms with van der Waals surface area (Å²) in [5.41, 5.74) is 2.53. The van der Waals surface area contributed by atoms with Gasteiger partial charge < -0.3 is 10.2 Å². The van der Waals surface area contributed by atoms with Gasteiger partial charge in [0.15, 0.2) is 0 Å². The van der Waals surface area contributed by atoms with Gasteiger partial charge in [-0.2, -0.15) is 0 Å². The third-order valence-corrected chi connectivity index (χ3v) is 11.2. The number of nitrogens with zero attached hydrogens (tertiary/aromatic N) is 2. The van der Waals surface area contributed by atoms with E-state index in [0.717, 1.165) is 20.3 Å². The van der Waals surface area contributed by atoms with Crippen LogP contribution in [0, 0.1) is 6.92 Å². The molecule has 0 saturated heterocycles. The van der Waals surface area contributed by atoms with Crippen LogP contribution in [0.1, 0.15) is 37.0 Å². The summed E-state index contributed by atoms with van der Waals surface area (Å²) in [6.45, 7) is 5.06. The molecule has 0 fully saturated rings. The third kappa shape index (κ3) is 9.32. The van der Waals surface area contributed by atoms with E-state index in [1.807, 2.05) is 57.4 Å². The van der Waals surface area contributed by atoms with E-state index in [1.54, 1.807) is 54.6 Å². The van der Waals surface area contributed by atoms with E-state index in [0.29, 0.717) is 27.7 Å². The Morgan fingerprint density at radius 2 is 1.49 bits per heavy atom. The van der Waals surface area contributed by atoms with E-state index in [4.69, 9.17) is 23.2 Å². The van der Waals surface area contributed by atoms with Crippen molar-refractivity contribution in [1.29, 1.82) is 0 Å². The lowest BCUT2D eigenvalue weighted by molar-refractivity contribution is -0.140. The number of hydrogen-bond donors (Lipinski definition) is 1. The molecule has 0 aromatic heterocycles. The maximum Gasteiger partial charge on any atom is 0.264 e. The van der Waals surface area contributed by atoms with E-state index >= 15 is 0 Å². The molecular weight excluding hydrogens is 673 g/mol. The number of carbonyl (C=O) groups excluding carboxylic acids is 2. The van der Waals surface area contributed by atoms with Crippen LogP contribution in [0.15, 0.2) is 107 Å². The van der Waals surface area contributed by atoms with E-state index < -0.39 is 28.5 Å². The first-order chi connectivity index (χ1) is 22.4. The number of benzene rings is 4. The fourth-order valence-corrected chi connectivity index (χ4v) is 7.30. The van der Waals surface area contributed by atoms with Crippen molar-refractivity contribution in [3.8, 4) is 0 Å². The molecule has 4 aromatic rings. The lowest BCUT2D eigenvalue weighted by atomic mass is 10.0. The van der Waals surface area contributed by atoms with Gasteiger partial charge in [-0.3, -0.25) is 13.9 Å². The molecule has 2 atom stereocenters. The molecule has 248 valence electrons. The molecule has 2 amide bonds. The molecule has 11 heteroatoms. The number of sulfonamides is 1. The number of aryl methyl sites for hydroxylation is 1. The number of rotatable bonds is 14. The van der Waals surface area contributed by atoms with Crippen molar-refractivity contribution in [2.75, 3.05) is 17.1 Å². The van der Waals surface area contributed by atoms with Gasteiger partial charge in [0.05, 0.1) is 10.6 Å². The van der Waals surface area contributed by atoms with Gasteiger partial charge >= 0.3 is 0 Å². The van der Waals surface area contributed by atoms with E-state index in [-0.39, 0.29) is 29.8 Å². The quantitative estimate of drug-likeness (QED) is 0.135. The molecule has 0 heterocycles. The van der Waals surface area contributed by atoms with Crippen LogP contribution < -0.4 is 9.62 Å². The van der Waals surface area contributed by atoms with Crippen LogP contribution in [0.3, 0.4) is 0 Å². The van der Waals surface area contributed by atoms with Crippen LogP contribution in [0.2, 0.25) is 10.0 Å². The minimum absolute atomic E-state index is 0.0414. The van der Waals surface area contributed by atoms with Gasteiger partial charge in [0.25, 0.3) is 10.0 Å². The van der Waals surface area contributed by atoms with Crippen molar-refractivity contribution >= 4 is 62.5 Å². The topological polar surface area (TPSA) is 86.8 Å². The fraction of sp³-hybridized carbons (Fsp3) is 0.278. The number of nitrogens with one attached hydrogen (secondary N) is 1. The van der Waals surface area contributed by atoms with Crippen molar-refractivity contribution in [2.45, 2.75) is 62.0 Å². The Kier molecular flexibility index (Phi) is 12.8. The Labute approximate surface area is 292 Å². The Morgan fingerprint density at radius 1 is 0.872 bits per heavy atom. The highest BCUT2D eigenvalue weighted by molar-refractivity contribution is 7.98. The number of hydrogen-bond acceptors (Lipinski definition) is 5. The Balaban J connectivity index is 1.84. The maximum absolute atomic E-state index is 14.6. The number of amides is 2. The van der Waals surface area contributed by atoms with Crippen LogP contribution in [0.5, 0.6) is 0 Å². The van der Waals surface area contributed by atoms with Crippen molar-refractivity contribution < 1.29 is 18.0 Å². The van der Waals surface area contributed by atoms with Gasteiger partial charge in [-0.25, -0.2) is 8.42 Å². The lowest BCUT2D eigenvalue weighted by Crippen LogP contribution is -2.54. The number of carbonyl (C=O) groups is 2. The second kappa shape index (κ2) is 16.6. The average Bonchev–Trinajstić information content (AvgIpc) is 3.07. The summed E-state index contributed by atoms with van der Waals surface area (Å²) in [7, 11) is -4.21. The molecular formula is C36H39Cl2N3O4S2. The summed E-state index contributed by atoms with van der Waals surface area (Å²) in [6, 6.07) is 26.7. The zero-order valence-electron chi connectivity index (χ0n) is 26.8. The summed E-state index contributed by atoms with van der Waals surface area (Å²) < 4.78 is 29.6. The van der Waals surface area contributed by atoms with Gasteiger partial charge in [-0.1, -0.05) is 84.2 Å². The van der Waals surface area contributed by atoms with Gasteiger partial charge in [-0.05, 0) is 80.6 Å². The summed E-state index contributed by atoms with van der Waals surface area (Å²) >= 11 is 14.7. The third-order valence-electron chi connectivity index (χ3n) is 7.91. The predicted molar refractivity (Wildman–Crippen MR) is 193 cm³/mol. The molecule has 1 N–H and O–H groups in total. The highest BCUT2D eigenvalue weighted by Crippen LogP contribution is 2.30. The van der Waals surface area contributed by atoms with E-state index in [9.17, 15) is 18.0 Å². The molecule has 7 nitrogen and oxygen atoms in total. The maximum atomic E-state index is 14.6. The summed E-state index contributed by atoms with van der Waals surface area (Å²) in [5, 5.41) is 3.68. The second-order valence-electron chi connectivity index (χ2n) is 11.3. The smallest absolute Gasteiger partial charge is 0.264 e. The first kappa shape index (κ1) is 36.3. The van der Waals surface area contributed by atoms with E-state index in [2.05, 4.69) is 5.32 Å². The molecule has 4 rings (SSSR count). The van der Waals surface area contributed by atoms with Gasteiger partial charge in [0.1, 0.15) is 12.6 Å². The van der Waals surface area contributed by atoms with Crippen molar-refractivity contribution in [2.24, 2.45) is 0 Å². The summed E-state index contributed by atoms with van der Waals surface area (Å²) in [5.74, 6) is -0.955. The predicted octanol–water partition coefficient (Wildman–Crippen LogP) is 7.77. The number of anilines is 1. The van der Waals surface area contributed by atoms with Crippen molar-refractivity contribution in [3.05, 3.63) is 124 Å². The largest absolute Gasteiger partial charge is 0.352 e. The van der Waals surface area contributed by atoms with Crippen molar-refractivity contribution in [3.63, 3.8) is 0 Å². The van der Waals surface area contributed by atoms with E-state index in [1.165, 1.54) is 28.8 Å². The number of halogens is 2. The van der Waals surface area contributed by atoms with Gasteiger partial charge in [0, 0.05) is 39.5 Å². The number of thioether (sulfide) groups is 1. The summed E-state index contributed by atoms with van der Waals surface area (Å²) in [4.78, 5) is 31.0. The lowest BCUT2D eigenvalue weighted by Gasteiger charge is -2.34. The normalized spacial score (nSPS) is 12.6. The van der Waals surface area contributed by atoms with Gasteiger partial charge in [-0.15, -0.1) is 11.8 Å². The molecule has 2 unspecified atom stereocenters. The highest BCUT2D eigenvalue weighted by atomic mass is 35.5. The van der Waals surface area contributed by atoms with Crippen LogP contribution in [0.25, 0.3) is 0 Å². The monoisotopic (exact) mass is 711 g/mol. The fourth-order valence-electron chi connectivity index (χ4n) is 4.96. The molecule has 0 saturated carbocycles. The SMILES string of the molecule is CCC(C)NC(=O)C(Cc1ccccc1)N(Cc1c(Cl)cccc1Cl)C(=O)CN(c1ccc(C)cc1)S(=O)(=O)c1ccc(SC)cc1. The van der Waals surface area contributed by atoms with Crippen molar-refractivity contribution in [1.82, 2.24) is 10.2 Å². The highest BCUT2D eigenvalue weighted by Gasteiger charge is 2.35. The average molecular weight is 713 g/mol. The second-order valence-corrected chi connectivity index (χ2v) is 14.8. The Morgan fingerprint density at radius 3 is 2.06 bits per heavy atom. The van der Waals surface area contributed by atoms with Crippen LogP contribution in [-0.2, 0) is 32.6 Å². The molecule has 0 aliphatic heterocycles. The zero-order chi connectivity index (χ0) is 34.1. The first-order valence-electron chi connectivity index (χ1n) is 15.2. The van der Waals surface area contributed by atoms with Gasteiger partial charge in [0.2, 0.25) is 11.8 Å². The Hall–Kier alpha value is -3.50. The van der Waals surface area contributed by atoms with Crippen LogP contribution in [-0.4, -0.2) is 50.0 Å². The summed E-state index contributed by atoms with van der Waals surface area (Å²) in [6.07, 6.45) is 2.77. The molecule has 0 bridgehead atoms. The molecule has 47 heavy (non-hydrogen) atoms. The van der Waals surface area contributed by atoms with Crippen LogP contribution >= 0.6 is 35.0 Å². The molecule has 0 radical (unpaired) electrons.